The van der Waals surface area contributed by atoms with E-state index in [1.165, 1.54) is 23.0 Å². The molecule has 0 saturated heterocycles. The van der Waals surface area contributed by atoms with E-state index >= 15 is 0 Å². The van der Waals surface area contributed by atoms with Gasteiger partial charge in [0, 0.05) is 17.5 Å². The van der Waals surface area contributed by atoms with Crippen LogP contribution in [0.2, 0.25) is 0 Å². The second-order valence-electron chi connectivity index (χ2n) is 6.39. The van der Waals surface area contributed by atoms with Crippen LogP contribution in [0.4, 0.5) is 8.78 Å². The molecule has 0 atom stereocenters. The molecule has 3 rings (SSSR count). The Morgan fingerprint density at radius 3 is 2.63 bits per heavy atom. The van der Waals surface area contributed by atoms with Crippen molar-refractivity contribution < 1.29 is 18.3 Å². The molecule has 1 N–H and O–H groups in total. The van der Waals surface area contributed by atoms with Crippen LogP contribution in [-0.4, -0.2) is 28.5 Å². The molecule has 9 heteroatoms. The number of amides is 1. The molecule has 7 nitrogen and oxygen atoms in total. The van der Waals surface area contributed by atoms with Crippen molar-refractivity contribution in [3.05, 3.63) is 70.1 Å². The van der Waals surface area contributed by atoms with Crippen molar-refractivity contribution in [1.82, 2.24) is 15.2 Å². The van der Waals surface area contributed by atoms with Crippen molar-refractivity contribution in [1.29, 1.82) is 0 Å². The van der Waals surface area contributed by atoms with Crippen LogP contribution in [0.5, 0.6) is 5.75 Å². The number of para-hydroxylation sites is 1. The summed E-state index contributed by atoms with van der Waals surface area (Å²) in [5.41, 5.74) is 2.38. The number of carbonyl (C=O) groups excluding carboxylic acids is 1. The maximum absolute atomic E-state index is 12.7. The highest BCUT2D eigenvalue weighted by molar-refractivity contribution is 6.05. The van der Waals surface area contributed by atoms with Crippen molar-refractivity contribution in [2.75, 3.05) is 0 Å². The quantitative estimate of drug-likeness (QED) is 0.451. The van der Waals surface area contributed by atoms with E-state index in [2.05, 4.69) is 20.4 Å². The lowest BCUT2D eigenvalue weighted by Crippen LogP contribution is -2.29. The summed E-state index contributed by atoms with van der Waals surface area (Å²) in [5.74, 6) is -0.692. The zero-order valence-corrected chi connectivity index (χ0v) is 16.2. The molecule has 0 aliphatic rings. The van der Waals surface area contributed by atoms with Crippen molar-refractivity contribution in [2.45, 2.75) is 32.9 Å². The predicted octanol–water partition coefficient (Wildman–Crippen LogP) is 3.56. The number of hydrazone groups is 1. The van der Waals surface area contributed by atoms with Gasteiger partial charge in [-0.2, -0.15) is 19.0 Å². The Kier molecular flexibility index (Phi) is 6.84. The molecule has 0 bridgehead atoms. The Bertz CT molecular complexity index is 1130. The molecule has 0 unspecified atom stereocenters. The highest BCUT2D eigenvalue weighted by Gasteiger charge is 2.16. The van der Waals surface area contributed by atoms with E-state index in [9.17, 15) is 18.4 Å². The standard InChI is InChI=1S/C21H20F2N4O3/c1-2-3-12-27-20(29)16-10-6-5-9-15(16)18(26-27)19(28)25-24-13-14-8-4-7-11-17(14)30-21(22)23/h4-11,13,21H,2-3,12H2,1H3,(H,25,28)/b24-13-. The van der Waals surface area contributed by atoms with E-state index in [0.717, 1.165) is 12.8 Å². The molecule has 1 heterocycles. The molecule has 0 spiro atoms. The Balaban J connectivity index is 1.88. The largest absolute Gasteiger partial charge is 0.434 e. The zero-order chi connectivity index (χ0) is 21.5. The fourth-order valence-corrected chi connectivity index (χ4v) is 2.87. The van der Waals surface area contributed by atoms with E-state index in [1.807, 2.05) is 6.92 Å². The summed E-state index contributed by atoms with van der Waals surface area (Å²) in [5, 5.41) is 8.83. The molecule has 156 valence electrons. The van der Waals surface area contributed by atoms with Crippen LogP contribution >= 0.6 is 0 Å². The minimum Gasteiger partial charge on any atom is -0.434 e. The number of unbranched alkanes of at least 4 members (excludes halogenated alkanes) is 1. The van der Waals surface area contributed by atoms with Crippen LogP contribution in [0.3, 0.4) is 0 Å². The molecule has 0 radical (unpaired) electrons. The van der Waals surface area contributed by atoms with Gasteiger partial charge in [0.1, 0.15) is 5.75 Å². The summed E-state index contributed by atoms with van der Waals surface area (Å²) in [6, 6.07) is 12.8. The van der Waals surface area contributed by atoms with Crippen LogP contribution in [0.15, 0.2) is 58.4 Å². The number of hydrogen-bond acceptors (Lipinski definition) is 5. The summed E-state index contributed by atoms with van der Waals surface area (Å²) in [7, 11) is 0. The van der Waals surface area contributed by atoms with Gasteiger partial charge >= 0.3 is 6.61 Å². The van der Waals surface area contributed by atoms with Gasteiger partial charge in [-0.15, -0.1) is 0 Å². The van der Waals surface area contributed by atoms with Gasteiger partial charge in [0.25, 0.3) is 11.5 Å². The summed E-state index contributed by atoms with van der Waals surface area (Å²) in [4.78, 5) is 25.3. The number of nitrogens with zero attached hydrogens (tertiary/aromatic N) is 3. The van der Waals surface area contributed by atoms with Crippen molar-refractivity contribution >= 4 is 22.9 Å². The Morgan fingerprint density at radius 1 is 1.20 bits per heavy atom. The number of rotatable bonds is 8. The molecule has 3 aromatic rings. The first-order chi connectivity index (χ1) is 14.5. The third kappa shape index (κ3) is 4.86. The van der Waals surface area contributed by atoms with Gasteiger partial charge in [-0.05, 0) is 24.6 Å². The van der Waals surface area contributed by atoms with Gasteiger partial charge in [-0.3, -0.25) is 9.59 Å². The molecular formula is C21H20F2N4O3. The minimum absolute atomic E-state index is 0.0515. The normalized spacial score (nSPS) is 11.3. The summed E-state index contributed by atoms with van der Waals surface area (Å²) >= 11 is 0. The maximum atomic E-state index is 12.7. The van der Waals surface area contributed by atoms with E-state index in [-0.39, 0.29) is 22.6 Å². The van der Waals surface area contributed by atoms with E-state index in [1.54, 1.807) is 36.4 Å². The number of alkyl halides is 2. The Labute approximate surface area is 171 Å². The van der Waals surface area contributed by atoms with Crippen LogP contribution in [0, 0.1) is 0 Å². The number of nitrogens with one attached hydrogen (secondary N) is 1. The third-order valence-corrected chi connectivity index (χ3v) is 4.31. The monoisotopic (exact) mass is 414 g/mol. The number of halogens is 2. The molecule has 1 aromatic heterocycles. The van der Waals surface area contributed by atoms with E-state index in [0.29, 0.717) is 17.3 Å². The maximum Gasteiger partial charge on any atom is 0.387 e. The van der Waals surface area contributed by atoms with Gasteiger partial charge < -0.3 is 4.74 Å². The summed E-state index contributed by atoms with van der Waals surface area (Å²) in [6.45, 7) is -0.597. The van der Waals surface area contributed by atoms with Crippen LogP contribution < -0.4 is 15.7 Å². The molecule has 2 aromatic carbocycles. The second-order valence-corrected chi connectivity index (χ2v) is 6.39. The molecule has 0 aliphatic heterocycles. The summed E-state index contributed by atoms with van der Waals surface area (Å²) in [6.07, 6.45) is 2.81. The number of ether oxygens (including phenoxy) is 1. The minimum atomic E-state index is -2.98. The smallest absolute Gasteiger partial charge is 0.387 e. The SMILES string of the molecule is CCCCn1nc(C(=O)N/N=C\c2ccccc2OC(F)F)c2ccccc2c1=O. The molecular weight excluding hydrogens is 394 g/mol. The van der Waals surface area contributed by atoms with Gasteiger partial charge in [-0.1, -0.05) is 43.7 Å². The molecule has 0 aliphatic carbocycles. The lowest BCUT2D eigenvalue weighted by Gasteiger charge is -2.10. The van der Waals surface area contributed by atoms with E-state index < -0.39 is 12.5 Å². The van der Waals surface area contributed by atoms with Crippen LogP contribution in [0.25, 0.3) is 10.8 Å². The van der Waals surface area contributed by atoms with Gasteiger partial charge in [-0.25, -0.2) is 10.1 Å². The Hall–Kier alpha value is -3.62. The van der Waals surface area contributed by atoms with Gasteiger partial charge in [0.05, 0.1) is 11.6 Å². The topological polar surface area (TPSA) is 85.6 Å². The first kappa shape index (κ1) is 21.1. The lowest BCUT2D eigenvalue weighted by molar-refractivity contribution is -0.0499. The first-order valence-corrected chi connectivity index (χ1v) is 9.38. The number of aryl methyl sites for hydroxylation is 1. The molecule has 30 heavy (non-hydrogen) atoms. The fourth-order valence-electron chi connectivity index (χ4n) is 2.87. The number of benzene rings is 2. The number of carbonyl (C=O) groups is 1. The molecule has 0 fully saturated rings. The van der Waals surface area contributed by atoms with Crippen LogP contribution in [0.1, 0.15) is 35.8 Å². The highest BCUT2D eigenvalue weighted by Crippen LogP contribution is 2.18. The fraction of sp³-hybridized carbons (Fsp3) is 0.238. The molecule has 1 amide bonds. The molecule has 0 saturated carbocycles. The first-order valence-electron chi connectivity index (χ1n) is 9.38. The van der Waals surface area contributed by atoms with Gasteiger partial charge in [0.2, 0.25) is 0 Å². The number of fused-ring (bicyclic) bond motifs is 1. The number of aromatic nitrogens is 2. The highest BCUT2D eigenvalue weighted by atomic mass is 19.3. The summed E-state index contributed by atoms with van der Waals surface area (Å²) < 4.78 is 30.7. The lowest BCUT2D eigenvalue weighted by atomic mass is 10.1. The third-order valence-electron chi connectivity index (χ3n) is 4.31. The Morgan fingerprint density at radius 2 is 1.90 bits per heavy atom. The van der Waals surface area contributed by atoms with E-state index in [4.69, 9.17) is 0 Å². The van der Waals surface area contributed by atoms with Crippen molar-refractivity contribution in [3.63, 3.8) is 0 Å². The average Bonchev–Trinajstić information content (AvgIpc) is 2.74. The second kappa shape index (κ2) is 9.73. The van der Waals surface area contributed by atoms with Crippen molar-refractivity contribution in [2.24, 2.45) is 5.10 Å². The predicted molar refractivity (Wildman–Crippen MR) is 109 cm³/mol. The van der Waals surface area contributed by atoms with Crippen molar-refractivity contribution in [3.8, 4) is 5.75 Å². The average molecular weight is 414 g/mol. The van der Waals surface area contributed by atoms with Crippen LogP contribution in [-0.2, 0) is 6.54 Å². The van der Waals surface area contributed by atoms with Gasteiger partial charge in [0.15, 0.2) is 5.69 Å². The number of hydrogen-bond donors (Lipinski definition) is 1. The zero-order valence-electron chi connectivity index (χ0n) is 16.2.